The van der Waals surface area contributed by atoms with Crippen molar-refractivity contribution in [3.8, 4) is 16.9 Å². The van der Waals surface area contributed by atoms with E-state index in [0.717, 1.165) is 29.0 Å². The Kier molecular flexibility index (Phi) is 6.25. The molecule has 2 aromatic rings. The molecular formula is C25H31NO2. The number of para-hydroxylation sites is 1. The van der Waals surface area contributed by atoms with Crippen molar-refractivity contribution in [2.24, 2.45) is 0 Å². The van der Waals surface area contributed by atoms with Crippen LogP contribution in [-0.4, -0.2) is 25.4 Å². The SMILES string of the molecule is CCC=CCO[C@H](C)C1=CC(C)(C)Nc2ccc(-c3ccccc3OC)cc21. The fraction of sp³-hybridized carbons (Fsp3) is 0.360. The van der Waals surface area contributed by atoms with Gasteiger partial charge in [0, 0.05) is 16.8 Å². The van der Waals surface area contributed by atoms with Crippen molar-refractivity contribution in [1.82, 2.24) is 0 Å². The van der Waals surface area contributed by atoms with Crippen molar-refractivity contribution in [2.45, 2.75) is 45.8 Å². The molecule has 3 rings (SSSR count). The molecule has 28 heavy (non-hydrogen) atoms. The zero-order valence-electron chi connectivity index (χ0n) is 17.6. The monoisotopic (exact) mass is 377 g/mol. The Morgan fingerprint density at radius 3 is 2.61 bits per heavy atom. The first-order valence-electron chi connectivity index (χ1n) is 10.0. The van der Waals surface area contributed by atoms with Gasteiger partial charge in [-0.2, -0.15) is 0 Å². The Hall–Kier alpha value is -2.52. The van der Waals surface area contributed by atoms with E-state index in [4.69, 9.17) is 9.47 Å². The van der Waals surface area contributed by atoms with Gasteiger partial charge in [-0.25, -0.2) is 0 Å². The molecule has 0 fully saturated rings. The molecule has 0 amide bonds. The van der Waals surface area contributed by atoms with E-state index in [0.29, 0.717) is 6.61 Å². The number of nitrogens with one attached hydrogen (secondary N) is 1. The van der Waals surface area contributed by atoms with E-state index < -0.39 is 0 Å². The summed E-state index contributed by atoms with van der Waals surface area (Å²) in [5.41, 5.74) is 5.67. The van der Waals surface area contributed by atoms with Crippen molar-refractivity contribution >= 4 is 11.3 Å². The Morgan fingerprint density at radius 2 is 1.86 bits per heavy atom. The third-order valence-corrected chi connectivity index (χ3v) is 5.00. The second-order valence-corrected chi connectivity index (χ2v) is 7.76. The van der Waals surface area contributed by atoms with E-state index in [-0.39, 0.29) is 11.6 Å². The number of allylic oxidation sites excluding steroid dienone is 1. The average molecular weight is 378 g/mol. The molecule has 1 heterocycles. The van der Waals surface area contributed by atoms with E-state index in [2.05, 4.69) is 75.5 Å². The number of ether oxygens (including phenoxy) is 2. The molecule has 3 heteroatoms. The predicted molar refractivity (Wildman–Crippen MR) is 119 cm³/mol. The maximum atomic E-state index is 6.12. The van der Waals surface area contributed by atoms with Gasteiger partial charge in [-0.3, -0.25) is 0 Å². The number of hydrogen-bond acceptors (Lipinski definition) is 3. The molecule has 1 atom stereocenters. The van der Waals surface area contributed by atoms with Gasteiger partial charge < -0.3 is 14.8 Å². The zero-order chi connectivity index (χ0) is 20.1. The van der Waals surface area contributed by atoms with Gasteiger partial charge in [0.15, 0.2) is 0 Å². The van der Waals surface area contributed by atoms with Crippen molar-refractivity contribution < 1.29 is 9.47 Å². The van der Waals surface area contributed by atoms with Crippen molar-refractivity contribution in [3.63, 3.8) is 0 Å². The number of hydrogen-bond donors (Lipinski definition) is 1. The summed E-state index contributed by atoms with van der Waals surface area (Å²) in [6.07, 6.45) is 7.56. The fourth-order valence-corrected chi connectivity index (χ4v) is 3.65. The number of fused-ring (bicyclic) bond motifs is 1. The van der Waals surface area contributed by atoms with Gasteiger partial charge in [-0.15, -0.1) is 0 Å². The molecule has 0 aromatic heterocycles. The summed E-state index contributed by atoms with van der Waals surface area (Å²) in [6, 6.07) is 14.7. The predicted octanol–water partition coefficient (Wildman–Crippen LogP) is 6.32. The molecule has 1 aliphatic heterocycles. The molecule has 0 saturated carbocycles. The second-order valence-electron chi connectivity index (χ2n) is 7.76. The van der Waals surface area contributed by atoms with Crippen LogP contribution >= 0.6 is 0 Å². The number of methoxy groups -OCH3 is 1. The van der Waals surface area contributed by atoms with Crippen LogP contribution in [0.25, 0.3) is 16.7 Å². The molecule has 0 aliphatic carbocycles. The quantitative estimate of drug-likeness (QED) is 0.573. The van der Waals surface area contributed by atoms with Gasteiger partial charge in [-0.1, -0.05) is 49.4 Å². The highest BCUT2D eigenvalue weighted by atomic mass is 16.5. The van der Waals surface area contributed by atoms with Crippen LogP contribution < -0.4 is 10.1 Å². The Morgan fingerprint density at radius 1 is 1.07 bits per heavy atom. The molecular weight excluding hydrogens is 346 g/mol. The first-order chi connectivity index (χ1) is 13.4. The zero-order valence-corrected chi connectivity index (χ0v) is 17.6. The van der Waals surface area contributed by atoms with Crippen LogP contribution in [0.1, 0.15) is 39.7 Å². The highest BCUT2D eigenvalue weighted by Crippen LogP contribution is 2.40. The molecule has 1 N–H and O–H groups in total. The Balaban J connectivity index is 1.98. The second kappa shape index (κ2) is 8.66. The molecule has 3 nitrogen and oxygen atoms in total. The first kappa shape index (κ1) is 20.2. The van der Waals surface area contributed by atoms with Gasteiger partial charge in [0.05, 0.1) is 25.4 Å². The smallest absolute Gasteiger partial charge is 0.126 e. The lowest BCUT2D eigenvalue weighted by atomic mass is 9.86. The maximum absolute atomic E-state index is 6.12. The molecule has 1 aliphatic rings. The maximum Gasteiger partial charge on any atom is 0.126 e. The minimum absolute atomic E-state index is 0.00884. The van der Waals surface area contributed by atoms with Crippen LogP contribution in [0.15, 0.2) is 60.7 Å². The van der Waals surface area contributed by atoms with Crippen LogP contribution in [0.2, 0.25) is 0 Å². The largest absolute Gasteiger partial charge is 0.496 e. The Labute approximate surface area is 169 Å². The molecule has 0 radical (unpaired) electrons. The molecule has 0 unspecified atom stereocenters. The van der Waals surface area contributed by atoms with Crippen LogP contribution in [0, 0.1) is 0 Å². The summed E-state index contributed by atoms with van der Waals surface area (Å²) < 4.78 is 11.7. The van der Waals surface area contributed by atoms with Gasteiger partial charge in [0.2, 0.25) is 0 Å². The van der Waals surface area contributed by atoms with E-state index in [1.54, 1.807) is 7.11 Å². The third kappa shape index (κ3) is 4.48. The normalized spacial score (nSPS) is 16.2. The van der Waals surface area contributed by atoms with Crippen molar-refractivity contribution in [2.75, 3.05) is 19.0 Å². The lowest BCUT2D eigenvalue weighted by Gasteiger charge is -2.34. The number of rotatable bonds is 7. The van der Waals surface area contributed by atoms with Crippen LogP contribution in [0.3, 0.4) is 0 Å². The van der Waals surface area contributed by atoms with Crippen LogP contribution in [0.4, 0.5) is 5.69 Å². The third-order valence-electron chi connectivity index (χ3n) is 5.00. The van der Waals surface area contributed by atoms with Crippen molar-refractivity contribution in [3.05, 3.63) is 66.3 Å². The molecule has 0 bridgehead atoms. The summed E-state index contributed by atoms with van der Waals surface area (Å²) in [6.45, 7) is 9.27. The van der Waals surface area contributed by atoms with Crippen LogP contribution in [-0.2, 0) is 4.74 Å². The minimum Gasteiger partial charge on any atom is -0.496 e. The van der Waals surface area contributed by atoms with Gasteiger partial charge in [0.25, 0.3) is 0 Å². The summed E-state index contributed by atoms with van der Waals surface area (Å²) in [5, 5.41) is 3.63. The fourth-order valence-electron chi connectivity index (χ4n) is 3.65. The average Bonchev–Trinajstić information content (AvgIpc) is 2.69. The molecule has 0 saturated heterocycles. The minimum atomic E-state index is -0.120. The first-order valence-corrected chi connectivity index (χ1v) is 10.0. The topological polar surface area (TPSA) is 30.5 Å². The van der Waals surface area contributed by atoms with Gasteiger partial charge in [0.1, 0.15) is 5.75 Å². The van der Waals surface area contributed by atoms with E-state index in [9.17, 15) is 0 Å². The molecule has 2 aromatic carbocycles. The van der Waals surface area contributed by atoms with Crippen molar-refractivity contribution in [1.29, 1.82) is 0 Å². The lowest BCUT2D eigenvalue weighted by Crippen LogP contribution is -2.33. The summed E-state index contributed by atoms with van der Waals surface area (Å²) in [5.74, 6) is 0.881. The highest BCUT2D eigenvalue weighted by Gasteiger charge is 2.27. The van der Waals surface area contributed by atoms with Crippen LogP contribution in [0.5, 0.6) is 5.75 Å². The lowest BCUT2D eigenvalue weighted by molar-refractivity contribution is 0.129. The summed E-state index contributed by atoms with van der Waals surface area (Å²) in [4.78, 5) is 0. The summed E-state index contributed by atoms with van der Waals surface area (Å²) >= 11 is 0. The molecule has 0 spiro atoms. The van der Waals surface area contributed by atoms with Gasteiger partial charge in [-0.05, 0) is 56.5 Å². The highest BCUT2D eigenvalue weighted by molar-refractivity contribution is 5.86. The number of anilines is 1. The Bertz CT molecular complexity index is 880. The van der Waals surface area contributed by atoms with Gasteiger partial charge >= 0.3 is 0 Å². The standard InChI is InChI=1S/C25H31NO2/c1-6-7-10-15-28-18(2)22-17-25(3,4)26-23-14-13-19(16-21(22)23)20-11-8-9-12-24(20)27-5/h7-14,16-18,26H,6,15H2,1-5H3/t18-/m1/s1. The van der Waals surface area contributed by atoms with E-state index in [1.807, 2.05) is 18.2 Å². The van der Waals surface area contributed by atoms with E-state index in [1.165, 1.54) is 11.1 Å². The number of benzene rings is 2. The van der Waals surface area contributed by atoms with E-state index >= 15 is 0 Å². The summed E-state index contributed by atoms with van der Waals surface area (Å²) in [7, 11) is 1.71. The molecule has 148 valence electrons.